The minimum Gasteiger partial charge on any atom is -0.414 e. The van der Waals surface area contributed by atoms with E-state index >= 15 is 0 Å². The fourth-order valence-corrected chi connectivity index (χ4v) is 4.12. The molecule has 0 bridgehead atoms. The molecule has 3 nitrogen and oxygen atoms in total. The van der Waals surface area contributed by atoms with E-state index in [0.717, 1.165) is 0 Å². The van der Waals surface area contributed by atoms with E-state index in [9.17, 15) is 5.11 Å². The lowest BCUT2D eigenvalue weighted by molar-refractivity contribution is 0.0961. The van der Waals surface area contributed by atoms with Crippen molar-refractivity contribution in [2.75, 3.05) is 6.61 Å². The minimum absolute atomic E-state index is 0.0842. The van der Waals surface area contributed by atoms with E-state index in [-0.39, 0.29) is 17.2 Å². The number of aliphatic hydroxyl groups excluding tert-OH is 1. The summed E-state index contributed by atoms with van der Waals surface area (Å²) >= 11 is 0. The van der Waals surface area contributed by atoms with Crippen LogP contribution < -0.4 is 0 Å². The number of hydrogen-bond acceptors (Lipinski definition) is 3. The molecule has 3 atom stereocenters. The third-order valence-corrected chi connectivity index (χ3v) is 9.88. The van der Waals surface area contributed by atoms with Gasteiger partial charge in [0.25, 0.3) is 0 Å². The molecule has 0 aliphatic rings. The summed E-state index contributed by atoms with van der Waals surface area (Å²) < 4.78 is 12.1. The van der Waals surface area contributed by atoms with Crippen molar-refractivity contribution in [1.82, 2.24) is 0 Å². The van der Waals surface area contributed by atoms with Crippen molar-refractivity contribution < 1.29 is 14.3 Å². The third kappa shape index (κ3) is 9.70. The lowest BCUT2D eigenvalue weighted by atomic mass is 10.1. The summed E-state index contributed by atoms with van der Waals surface area (Å²) in [6.07, 6.45) is 5.26. The Balaban J connectivity index is 2.26. The van der Waals surface area contributed by atoms with Gasteiger partial charge in [-0.1, -0.05) is 70.2 Å². The molecule has 0 fully saturated rings. The van der Waals surface area contributed by atoms with Gasteiger partial charge in [0.05, 0.1) is 19.3 Å². The van der Waals surface area contributed by atoms with Crippen molar-refractivity contribution in [2.24, 2.45) is 5.92 Å². The smallest absolute Gasteiger partial charge is 0.192 e. The van der Waals surface area contributed by atoms with E-state index in [4.69, 9.17) is 9.16 Å². The predicted octanol–water partition coefficient (Wildman–Crippen LogP) is 5.95. The van der Waals surface area contributed by atoms with Crippen LogP contribution in [0.2, 0.25) is 18.1 Å². The lowest BCUT2D eigenvalue weighted by Gasteiger charge is -2.38. The first kappa shape index (κ1) is 24.1. The lowest BCUT2D eigenvalue weighted by Crippen LogP contribution is -2.43. The standard InChI is InChI=1S/C23H40O3Si/c1-19(17-25-18-21-13-9-8-10-14-21)12-11-15-22(24)16-20(2)26-27(6,7)23(3,4)5/h8-14,19-20,22,24H,15-18H2,1-7H3/b12-11-/t19-,20+,22+/m1/s1. The van der Waals surface area contributed by atoms with Crippen molar-refractivity contribution >= 4 is 8.32 Å². The summed E-state index contributed by atoms with van der Waals surface area (Å²) in [4.78, 5) is 0. The predicted molar refractivity (Wildman–Crippen MR) is 117 cm³/mol. The molecular formula is C23H40O3Si. The molecule has 0 amide bonds. The summed E-state index contributed by atoms with van der Waals surface area (Å²) in [6, 6.07) is 10.2. The van der Waals surface area contributed by atoms with Gasteiger partial charge in [0.2, 0.25) is 0 Å². The van der Waals surface area contributed by atoms with Gasteiger partial charge in [-0.2, -0.15) is 0 Å². The Labute approximate surface area is 167 Å². The molecule has 4 heteroatoms. The molecule has 154 valence electrons. The van der Waals surface area contributed by atoms with Gasteiger partial charge >= 0.3 is 0 Å². The number of benzene rings is 1. The number of hydrogen-bond donors (Lipinski definition) is 1. The van der Waals surface area contributed by atoms with E-state index in [2.05, 4.69) is 72.0 Å². The highest BCUT2D eigenvalue weighted by molar-refractivity contribution is 6.74. The molecule has 1 rings (SSSR count). The number of aliphatic hydroxyl groups is 1. The fraction of sp³-hybridized carbons (Fsp3) is 0.652. The van der Waals surface area contributed by atoms with Gasteiger partial charge in [-0.05, 0) is 49.4 Å². The van der Waals surface area contributed by atoms with Gasteiger partial charge in [0.1, 0.15) is 0 Å². The van der Waals surface area contributed by atoms with Crippen molar-refractivity contribution in [2.45, 2.75) is 84.4 Å². The Bertz CT molecular complexity index is 548. The van der Waals surface area contributed by atoms with E-state index in [1.165, 1.54) is 5.56 Å². The molecule has 1 N–H and O–H groups in total. The van der Waals surface area contributed by atoms with E-state index < -0.39 is 8.32 Å². The largest absolute Gasteiger partial charge is 0.414 e. The normalized spacial score (nSPS) is 16.4. The van der Waals surface area contributed by atoms with E-state index in [0.29, 0.717) is 32.0 Å². The molecule has 0 aliphatic carbocycles. The molecule has 0 radical (unpaired) electrons. The maximum absolute atomic E-state index is 10.3. The first-order valence-electron chi connectivity index (χ1n) is 10.2. The van der Waals surface area contributed by atoms with Gasteiger partial charge in [0, 0.05) is 6.10 Å². The number of rotatable bonds is 11. The van der Waals surface area contributed by atoms with Gasteiger partial charge in [0.15, 0.2) is 8.32 Å². The molecule has 27 heavy (non-hydrogen) atoms. The zero-order valence-corrected chi connectivity index (χ0v) is 19.4. The fourth-order valence-electron chi connectivity index (χ4n) is 2.67. The summed E-state index contributed by atoms with van der Waals surface area (Å²) in [6.45, 7) is 16.8. The molecule has 0 saturated heterocycles. The van der Waals surface area contributed by atoms with Crippen LogP contribution in [0.25, 0.3) is 0 Å². The van der Waals surface area contributed by atoms with Crippen LogP contribution in [0.15, 0.2) is 42.5 Å². The van der Waals surface area contributed by atoms with Crippen molar-refractivity contribution in [3.63, 3.8) is 0 Å². The first-order chi connectivity index (χ1) is 12.5. The van der Waals surface area contributed by atoms with Gasteiger partial charge in [-0.25, -0.2) is 0 Å². The Kier molecular flexibility index (Phi) is 9.95. The molecule has 0 unspecified atom stereocenters. The first-order valence-corrected chi connectivity index (χ1v) is 13.1. The highest BCUT2D eigenvalue weighted by Gasteiger charge is 2.38. The molecule has 0 spiro atoms. The summed E-state index contributed by atoms with van der Waals surface area (Å²) in [5.41, 5.74) is 1.19. The summed E-state index contributed by atoms with van der Waals surface area (Å²) in [5.74, 6) is 0.335. The average molecular weight is 393 g/mol. The topological polar surface area (TPSA) is 38.7 Å². The van der Waals surface area contributed by atoms with Gasteiger partial charge in [-0.3, -0.25) is 0 Å². The zero-order chi connectivity index (χ0) is 20.5. The molecule has 1 aromatic carbocycles. The Morgan fingerprint density at radius 3 is 2.33 bits per heavy atom. The summed E-state index contributed by atoms with van der Waals surface area (Å²) in [5, 5.41) is 10.5. The van der Waals surface area contributed by atoms with Crippen LogP contribution >= 0.6 is 0 Å². The van der Waals surface area contributed by atoms with Crippen LogP contribution in [-0.2, 0) is 15.8 Å². The molecule has 0 saturated carbocycles. The molecule has 0 aromatic heterocycles. The van der Waals surface area contributed by atoms with Gasteiger partial charge in [-0.15, -0.1) is 0 Å². The second kappa shape index (κ2) is 11.2. The van der Waals surface area contributed by atoms with Crippen LogP contribution in [-0.4, -0.2) is 32.2 Å². The Morgan fingerprint density at radius 2 is 1.74 bits per heavy atom. The highest BCUT2D eigenvalue weighted by atomic mass is 28.4. The van der Waals surface area contributed by atoms with Crippen LogP contribution in [0.5, 0.6) is 0 Å². The monoisotopic (exact) mass is 392 g/mol. The second-order valence-corrected chi connectivity index (χ2v) is 14.0. The summed E-state index contributed by atoms with van der Waals surface area (Å²) in [7, 11) is -1.77. The highest BCUT2D eigenvalue weighted by Crippen LogP contribution is 2.37. The molecular weight excluding hydrogens is 352 g/mol. The van der Waals surface area contributed by atoms with Crippen molar-refractivity contribution in [3.8, 4) is 0 Å². The van der Waals surface area contributed by atoms with Crippen LogP contribution in [0.1, 0.15) is 53.0 Å². The second-order valence-electron chi connectivity index (χ2n) is 9.22. The van der Waals surface area contributed by atoms with E-state index in [1.54, 1.807) is 0 Å². The number of ether oxygens (including phenoxy) is 1. The van der Waals surface area contributed by atoms with Crippen LogP contribution in [0.3, 0.4) is 0 Å². The van der Waals surface area contributed by atoms with Gasteiger partial charge < -0.3 is 14.3 Å². The minimum atomic E-state index is -1.77. The quantitative estimate of drug-likeness (QED) is 0.374. The van der Waals surface area contributed by atoms with Crippen molar-refractivity contribution in [1.29, 1.82) is 0 Å². The molecule has 0 aliphatic heterocycles. The van der Waals surface area contributed by atoms with Crippen LogP contribution in [0.4, 0.5) is 0 Å². The SMILES string of the molecule is C[C@H](/C=C\C[C@H](O)C[C@H](C)O[Si](C)(C)C(C)(C)C)COCc1ccccc1. The van der Waals surface area contributed by atoms with Crippen LogP contribution in [0, 0.1) is 5.92 Å². The molecule has 0 heterocycles. The third-order valence-electron chi connectivity index (χ3n) is 5.27. The Hall–Kier alpha value is -0.943. The zero-order valence-electron chi connectivity index (χ0n) is 18.4. The maximum Gasteiger partial charge on any atom is 0.192 e. The molecule has 1 aromatic rings. The van der Waals surface area contributed by atoms with Crippen molar-refractivity contribution in [3.05, 3.63) is 48.0 Å². The average Bonchev–Trinajstić information content (AvgIpc) is 2.54. The Morgan fingerprint density at radius 1 is 1.11 bits per heavy atom. The maximum atomic E-state index is 10.3. The van der Waals surface area contributed by atoms with E-state index in [1.807, 2.05) is 18.2 Å².